The van der Waals surface area contributed by atoms with Gasteiger partial charge in [0, 0.05) is 23.7 Å². The standard InChI is InChI=1S/C21H18F2N2O/c22-16-7-8-18(23)17(12-16)20-6-3-9-25(20)21(26)11-14-10-15-4-1-2-5-19(15)24-13-14/h1-2,4-5,7-8,10,12-13,20H,3,6,9,11H2. The number of rotatable bonds is 3. The number of hydrogen-bond acceptors (Lipinski definition) is 2. The molecule has 3 aromatic rings. The van der Waals surface area contributed by atoms with Crippen LogP contribution in [0.5, 0.6) is 0 Å². The predicted molar refractivity (Wildman–Crippen MR) is 95.5 cm³/mol. The fourth-order valence-corrected chi connectivity index (χ4v) is 3.65. The highest BCUT2D eigenvalue weighted by molar-refractivity contribution is 5.83. The van der Waals surface area contributed by atoms with E-state index in [1.165, 1.54) is 6.07 Å². The van der Waals surface area contributed by atoms with E-state index in [4.69, 9.17) is 0 Å². The van der Waals surface area contributed by atoms with Gasteiger partial charge in [-0.15, -0.1) is 0 Å². The molecule has 1 saturated heterocycles. The van der Waals surface area contributed by atoms with Crippen LogP contribution in [0.4, 0.5) is 8.78 Å². The van der Waals surface area contributed by atoms with E-state index >= 15 is 0 Å². The molecule has 4 rings (SSSR count). The van der Waals surface area contributed by atoms with Crippen molar-refractivity contribution in [1.29, 1.82) is 0 Å². The van der Waals surface area contributed by atoms with Crippen LogP contribution >= 0.6 is 0 Å². The van der Waals surface area contributed by atoms with Crippen LogP contribution < -0.4 is 0 Å². The highest BCUT2D eigenvalue weighted by Crippen LogP contribution is 2.34. The highest BCUT2D eigenvalue weighted by atomic mass is 19.1. The number of carbonyl (C=O) groups excluding carboxylic acids is 1. The number of pyridine rings is 1. The second-order valence-electron chi connectivity index (χ2n) is 6.62. The Hall–Kier alpha value is -2.82. The summed E-state index contributed by atoms with van der Waals surface area (Å²) in [5, 5.41) is 0.979. The van der Waals surface area contributed by atoms with Crippen molar-refractivity contribution in [1.82, 2.24) is 9.88 Å². The van der Waals surface area contributed by atoms with Crippen molar-refractivity contribution in [3.63, 3.8) is 0 Å². The number of likely N-dealkylation sites (tertiary alicyclic amines) is 1. The minimum atomic E-state index is -0.487. The molecule has 0 N–H and O–H groups in total. The molecule has 3 nitrogen and oxygen atoms in total. The Balaban J connectivity index is 1.57. The number of fused-ring (bicyclic) bond motifs is 1. The first kappa shape index (κ1) is 16.6. The van der Waals surface area contributed by atoms with Gasteiger partial charge in [0.15, 0.2) is 0 Å². The van der Waals surface area contributed by atoms with Crippen LogP contribution in [0.2, 0.25) is 0 Å². The number of carbonyl (C=O) groups is 1. The summed E-state index contributed by atoms with van der Waals surface area (Å²) < 4.78 is 27.7. The lowest BCUT2D eigenvalue weighted by atomic mass is 10.0. The Bertz CT molecular complexity index is 973. The van der Waals surface area contributed by atoms with Crippen LogP contribution in [0.25, 0.3) is 10.9 Å². The maximum atomic E-state index is 14.1. The van der Waals surface area contributed by atoms with Gasteiger partial charge >= 0.3 is 0 Å². The smallest absolute Gasteiger partial charge is 0.227 e. The van der Waals surface area contributed by atoms with Crippen molar-refractivity contribution in [2.45, 2.75) is 25.3 Å². The molecule has 26 heavy (non-hydrogen) atoms. The van der Waals surface area contributed by atoms with Crippen LogP contribution in [-0.2, 0) is 11.2 Å². The molecule has 1 aliphatic heterocycles. The Labute approximate surface area is 150 Å². The van der Waals surface area contributed by atoms with E-state index in [1.54, 1.807) is 11.1 Å². The van der Waals surface area contributed by atoms with Gasteiger partial charge in [-0.3, -0.25) is 9.78 Å². The van der Waals surface area contributed by atoms with E-state index in [0.29, 0.717) is 13.0 Å². The topological polar surface area (TPSA) is 33.2 Å². The molecular weight excluding hydrogens is 334 g/mol. The van der Waals surface area contributed by atoms with Crippen molar-refractivity contribution >= 4 is 16.8 Å². The van der Waals surface area contributed by atoms with Crippen molar-refractivity contribution in [2.24, 2.45) is 0 Å². The third-order valence-corrected chi connectivity index (χ3v) is 4.89. The zero-order chi connectivity index (χ0) is 18.1. The fourth-order valence-electron chi connectivity index (χ4n) is 3.65. The van der Waals surface area contributed by atoms with Crippen molar-refractivity contribution < 1.29 is 13.6 Å². The molecule has 1 fully saturated rings. The summed E-state index contributed by atoms with van der Waals surface area (Å²) in [6, 6.07) is 12.7. The molecule has 2 heterocycles. The van der Waals surface area contributed by atoms with E-state index in [-0.39, 0.29) is 17.9 Å². The first-order valence-corrected chi connectivity index (χ1v) is 8.70. The highest BCUT2D eigenvalue weighted by Gasteiger charge is 2.31. The average Bonchev–Trinajstić information content (AvgIpc) is 3.13. The number of hydrogen-bond donors (Lipinski definition) is 0. The number of para-hydroxylation sites is 1. The summed E-state index contributed by atoms with van der Waals surface area (Å²) >= 11 is 0. The van der Waals surface area contributed by atoms with E-state index < -0.39 is 17.7 Å². The molecule has 0 saturated carbocycles. The molecule has 1 amide bonds. The molecule has 2 aromatic carbocycles. The van der Waals surface area contributed by atoms with Gasteiger partial charge in [0.05, 0.1) is 18.0 Å². The molecule has 1 aromatic heterocycles. The third kappa shape index (κ3) is 3.17. The molecule has 0 aliphatic carbocycles. The van der Waals surface area contributed by atoms with Crippen LogP contribution in [-0.4, -0.2) is 22.3 Å². The Morgan fingerprint density at radius 3 is 2.88 bits per heavy atom. The zero-order valence-corrected chi connectivity index (χ0v) is 14.2. The van der Waals surface area contributed by atoms with E-state index in [1.807, 2.05) is 30.3 Å². The second-order valence-corrected chi connectivity index (χ2v) is 6.62. The zero-order valence-electron chi connectivity index (χ0n) is 14.2. The number of halogens is 2. The first-order valence-electron chi connectivity index (χ1n) is 8.70. The molecule has 1 atom stereocenters. The van der Waals surface area contributed by atoms with E-state index in [0.717, 1.165) is 35.0 Å². The largest absolute Gasteiger partial charge is 0.335 e. The van der Waals surface area contributed by atoms with Gasteiger partial charge in [0.1, 0.15) is 11.6 Å². The van der Waals surface area contributed by atoms with Gasteiger partial charge in [-0.25, -0.2) is 8.78 Å². The number of amides is 1. The molecular formula is C21H18F2N2O. The summed E-state index contributed by atoms with van der Waals surface area (Å²) in [5.74, 6) is -1.05. The maximum Gasteiger partial charge on any atom is 0.227 e. The van der Waals surface area contributed by atoms with Gasteiger partial charge in [-0.05, 0) is 48.7 Å². The Morgan fingerprint density at radius 2 is 2.00 bits per heavy atom. The summed E-state index contributed by atoms with van der Waals surface area (Å²) in [6.07, 6.45) is 3.32. The lowest BCUT2D eigenvalue weighted by molar-refractivity contribution is -0.131. The second kappa shape index (κ2) is 6.83. The van der Waals surface area contributed by atoms with Crippen LogP contribution in [0.3, 0.4) is 0 Å². The van der Waals surface area contributed by atoms with Crippen molar-refractivity contribution in [2.75, 3.05) is 6.54 Å². The van der Waals surface area contributed by atoms with Crippen LogP contribution in [0.1, 0.15) is 30.0 Å². The summed E-state index contributed by atoms with van der Waals surface area (Å²) in [4.78, 5) is 18.9. The van der Waals surface area contributed by atoms with Gasteiger partial charge < -0.3 is 4.90 Å². The predicted octanol–water partition coefficient (Wildman–Crippen LogP) is 4.42. The van der Waals surface area contributed by atoms with Crippen LogP contribution in [0.15, 0.2) is 54.7 Å². The van der Waals surface area contributed by atoms with Gasteiger partial charge in [-0.2, -0.15) is 0 Å². The molecule has 0 bridgehead atoms. The molecule has 1 unspecified atom stereocenters. The molecule has 5 heteroatoms. The van der Waals surface area contributed by atoms with Gasteiger partial charge in [0.2, 0.25) is 5.91 Å². The Morgan fingerprint density at radius 1 is 1.15 bits per heavy atom. The third-order valence-electron chi connectivity index (χ3n) is 4.89. The molecule has 1 aliphatic rings. The van der Waals surface area contributed by atoms with Crippen molar-refractivity contribution in [3.05, 3.63) is 77.5 Å². The van der Waals surface area contributed by atoms with Gasteiger partial charge in [0.25, 0.3) is 0 Å². The number of benzene rings is 2. The fraction of sp³-hybridized carbons (Fsp3) is 0.238. The quantitative estimate of drug-likeness (QED) is 0.699. The maximum absolute atomic E-state index is 14.1. The number of aromatic nitrogens is 1. The van der Waals surface area contributed by atoms with E-state index in [2.05, 4.69) is 4.98 Å². The summed E-state index contributed by atoms with van der Waals surface area (Å²) in [7, 11) is 0. The average molecular weight is 352 g/mol. The number of nitrogens with zero attached hydrogens (tertiary/aromatic N) is 2. The Kier molecular flexibility index (Phi) is 4.37. The van der Waals surface area contributed by atoms with Gasteiger partial charge in [-0.1, -0.05) is 18.2 Å². The first-order chi connectivity index (χ1) is 12.6. The molecule has 0 spiro atoms. The SMILES string of the molecule is O=C(Cc1cnc2ccccc2c1)N1CCCC1c1cc(F)ccc1F. The summed E-state index contributed by atoms with van der Waals surface area (Å²) in [5.41, 5.74) is 1.95. The lowest BCUT2D eigenvalue weighted by Crippen LogP contribution is -2.32. The van der Waals surface area contributed by atoms with Crippen LogP contribution in [0, 0.1) is 11.6 Å². The van der Waals surface area contributed by atoms with E-state index in [9.17, 15) is 13.6 Å². The molecule has 0 radical (unpaired) electrons. The summed E-state index contributed by atoms with van der Waals surface area (Å²) in [6.45, 7) is 0.556. The minimum Gasteiger partial charge on any atom is -0.335 e. The monoisotopic (exact) mass is 352 g/mol. The van der Waals surface area contributed by atoms with Crippen molar-refractivity contribution in [3.8, 4) is 0 Å². The minimum absolute atomic E-state index is 0.0896. The molecule has 132 valence electrons. The lowest BCUT2D eigenvalue weighted by Gasteiger charge is -2.25. The normalized spacial score (nSPS) is 17.0.